The molecule has 0 bridgehead atoms. The van der Waals surface area contributed by atoms with E-state index >= 15 is 0 Å². The summed E-state index contributed by atoms with van der Waals surface area (Å²) in [5.41, 5.74) is 6.05. The van der Waals surface area contributed by atoms with Crippen LogP contribution in [0.5, 0.6) is 0 Å². The first-order valence-corrected chi connectivity index (χ1v) is 11.6. The van der Waals surface area contributed by atoms with Crippen molar-refractivity contribution in [2.75, 3.05) is 17.2 Å². The maximum atomic E-state index is 12.7. The summed E-state index contributed by atoms with van der Waals surface area (Å²) >= 11 is 3.67. The number of carboxylic acids is 1. The average Bonchev–Trinajstić information content (AvgIpc) is 3.36. The van der Waals surface area contributed by atoms with Gasteiger partial charge in [0, 0.05) is 23.9 Å². The van der Waals surface area contributed by atoms with Crippen molar-refractivity contribution in [2.24, 2.45) is 7.05 Å². The summed E-state index contributed by atoms with van der Waals surface area (Å²) in [5.74, 6) is -1.95. The number of nitrogens with one attached hydrogen (secondary N) is 1. The number of nitrogens with two attached hydrogens (primary N) is 1. The molecule has 2 aromatic rings. The largest absolute Gasteiger partial charge is 1.00 e. The van der Waals surface area contributed by atoms with Crippen molar-refractivity contribution >= 4 is 57.8 Å². The number of β-lactam (4-membered cyclic amide) rings is 1. The molecular formula is C15H17N8NaO5S3. The first-order chi connectivity index (χ1) is 14.8. The molecule has 1 unspecified atom stereocenters. The molecule has 2 aliphatic heterocycles. The van der Waals surface area contributed by atoms with Gasteiger partial charge in [-0.05, 0) is 16.0 Å². The third-order valence-corrected chi connectivity index (χ3v) is 7.70. The minimum absolute atomic E-state index is 0. The van der Waals surface area contributed by atoms with E-state index in [1.54, 1.807) is 7.05 Å². The van der Waals surface area contributed by atoms with Crippen molar-refractivity contribution in [3.8, 4) is 0 Å². The van der Waals surface area contributed by atoms with Gasteiger partial charge in [0.25, 0.3) is 11.8 Å². The summed E-state index contributed by atoms with van der Waals surface area (Å²) in [6.07, 6.45) is -1.58. The topological polar surface area (TPSA) is 189 Å². The van der Waals surface area contributed by atoms with Gasteiger partial charge in [-0.3, -0.25) is 14.5 Å². The number of fused-ring (bicyclic) bond motifs is 1. The predicted octanol–water partition coefficient (Wildman–Crippen LogP) is -4.07. The number of aliphatic hydroxyl groups excluding tert-OH is 1. The number of aliphatic carboxylic acids is 1. The van der Waals surface area contributed by atoms with E-state index in [0.717, 1.165) is 11.3 Å². The zero-order valence-electron chi connectivity index (χ0n) is 17.8. The molecule has 3 atom stereocenters. The number of aliphatic hydroxyl groups is 1. The molecule has 2 aliphatic rings. The van der Waals surface area contributed by atoms with Gasteiger partial charge in [-0.2, -0.15) is 0 Å². The van der Waals surface area contributed by atoms with Crippen LogP contribution < -0.4 is 40.6 Å². The first-order valence-electron chi connectivity index (χ1n) is 8.72. The van der Waals surface area contributed by atoms with Gasteiger partial charge >= 0.3 is 35.5 Å². The van der Waals surface area contributed by atoms with Gasteiger partial charge in [0.1, 0.15) is 17.1 Å². The number of carbonyl (C=O) groups is 3. The Morgan fingerprint density at radius 3 is 2.84 bits per heavy atom. The third kappa shape index (κ3) is 4.66. The molecule has 2 amide bonds. The van der Waals surface area contributed by atoms with E-state index in [0.29, 0.717) is 22.2 Å². The summed E-state index contributed by atoms with van der Waals surface area (Å²) < 4.78 is 1.46. The van der Waals surface area contributed by atoms with Crippen LogP contribution in [0.25, 0.3) is 0 Å². The van der Waals surface area contributed by atoms with Crippen LogP contribution in [0.1, 0.15) is 13.2 Å². The van der Waals surface area contributed by atoms with Crippen molar-refractivity contribution in [3.63, 3.8) is 0 Å². The summed E-state index contributed by atoms with van der Waals surface area (Å²) in [6.45, 7) is 0. The second-order valence-electron chi connectivity index (χ2n) is 6.54. The van der Waals surface area contributed by atoms with E-state index in [-0.39, 0.29) is 47.5 Å². The zero-order valence-corrected chi connectivity index (χ0v) is 21.3. The fourth-order valence-corrected chi connectivity index (χ4v) is 6.00. The molecule has 0 aliphatic carbocycles. The number of nitrogens with zero attached hydrogens (tertiary/aromatic N) is 6. The van der Waals surface area contributed by atoms with Gasteiger partial charge in [0.2, 0.25) is 5.16 Å². The fraction of sp³-hybridized carbons (Fsp3) is 0.400. The third-order valence-electron chi connectivity index (χ3n) is 4.57. The molecule has 1 saturated heterocycles. The predicted molar refractivity (Wildman–Crippen MR) is 112 cm³/mol. The summed E-state index contributed by atoms with van der Waals surface area (Å²) in [4.78, 5) is 42.0. The first kappa shape index (κ1) is 24.9. The van der Waals surface area contributed by atoms with Crippen LogP contribution >= 0.6 is 34.9 Å². The number of thiazole rings is 1. The molecule has 2 aromatic heterocycles. The zero-order chi connectivity index (χ0) is 22.3. The summed E-state index contributed by atoms with van der Waals surface area (Å²) in [6, 6.07) is -0.949. The van der Waals surface area contributed by atoms with Gasteiger partial charge in [0.15, 0.2) is 11.2 Å². The maximum Gasteiger partial charge on any atom is 1.00 e. The van der Waals surface area contributed by atoms with E-state index in [1.165, 1.54) is 38.5 Å². The molecule has 0 saturated carbocycles. The molecule has 4 rings (SSSR count). The monoisotopic (exact) mass is 508 g/mol. The number of aryl methyl sites for hydroxylation is 1. The number of nitrogen functional groups attached to an aromatic ring is 1. The number of thioether (sulfide) groups is 2. The molecule has 17 heteroatoms. The Kier molecular flexibility index (Phi) is 7.85. The number of aromatic nitrogens is 5. The fourth-order valence-electron chi connectivity index (χ4n) is 3.08. The Balaban J connectivity index is 0.00000193. The van der Waals surface area contributed by atoms with Crippen LogP contribution in [-0.4, -0.2) is 81.0 Å². The molecule has 5 N–H and O–H groups in total. The van der Waals surface area contributed by atoms with E-state index in [2.05, 4.69) is 25.8 Å². The van der Waals surface area contributed by atoms with E-state index in [4.69, 9.17) is 5.73 Å². The van der Waals surface area contributed by atoms with Crippen molar-refractivity contribution in [3.05, 3.63) is 22.3 Å². The average molecular weight is 509 g/mol. The van der Waals surface area contributed by atoms with Crippen LogP contribution in [0.15, 0.2) is 21.8 Å². The van der Waals surface area contributed by atoms with Crippen LogP contribution in [0, 0.1) is 0 Å². The molecule has 0 spiro atoms. The van der Waals surface area contributed by atoms with Crippen LogP contribution in [0.4, 0.5) is 5.13 Å². The quantitative estimate of drug-likeness (QED) is 0.161. The Morgan fingerprint density at radius 2 is 2.25 bits per heavy atom. The molecular weight excluding hydrogens is 491 g/mol. The number of hydrogen-bond acceptors (Lipinski definition) is 12. The van der Waals surface area contributed by atoms with Gasteiger partial charge in [-0.1, -0.05) is 11.8 Å². The molecule has 0 aromatic carbocycles. The van der Waals surface area contributed by atoms with Crippen molar-refractivity contribution in [1.29, 1.82) is 0 Å². The van der Waals surface area contributed by atoms with Crippen LogP contribution in [0.3, 0.4) is 0 Å². The van der Waals surface area contributed by atoms with Gasteiger partial charge in [-0.25, -0.2) is 14.5 Å². The van der Waals surface area contributed by atoms with Gasteiger partial charge < -0.3 is 22.7 Å². The van der Waals surface area contributed by atoms with Crippen molar-refractivity contribution < 1.29 is 55.6 Å². The molecule has 0 radical (unpaired) electrons. The molecule has 1 fully saturated rings. The van der Waals surface area contributed by atoms with Gasteiger partial charge in [-0.15, -0.1) is 28.2 Å². The second-order valence-corrected chi connectivity index (χ2v) is 9.48. The maximum absolute atomic E-state index is 12.7. The molecule has 166 valence electrons. The van der Waals surface area contributed by atoms with E-state index < -0.39 is 35.3 Å². The molecule has 13 nitrogen and oxygen atoms in total. The van der Waals surface area contributed by atoms with E-state index in [9.17, 15) is 24.6 Å². The number of carbonyl (C=O) groups excluding carboxylic acids is 2. The number of amides is 2. The number of tetrazole rings is 1. The van der Waals surface area contributed by atoms with Crippen LogP contribution in [-0.2, 0) is 21.4 Å². The minimum atomic E-state index is -1.58. The Bertz CT molecular complexity index is 1100. The Hall–Kier alpha value is -1.69. The standard InChI is InChI=1S/C15H16N8O5S3.Na.H/c1-22-15(19-20-21-22)31-3-5-2-29-12-7(11(26)23(12)8(5)13(27)28)18-10(25)9(24)6-4-30-14(16)17-6;;/h4,7,9,12,24H,2-3H2,1H3,(H2,16,17)(H,18,25)(H,27,28);;/q;+1;-1/t7-,9?,12-;;/m1../s1. The number of hydrogen-bond donors (Lipinski definition) is 4. The smallest absolute Gasteiger partial charge is 1.00 e. The van der Waals surface area contributed by atoms with Crippen molar-refractivity contribution in [2.45, 2.75) is 22.7 Å². The summed E-state index contributed by atoms with van der Waals surface area (Å²) in [7, 11) is 1.67. The molecule has 4 heterocycles. The second kappa shape index (κ2) is 10.1. The Morgan fingerprint density at radius 1 is 1.50 bits per heavy atom. The van der Waals surface area contributed by atoms with Crippen LogP contribution in [0.2, 0.25) is 0 Å². The summed E-state index contributed by atoms with van der Waals surface area (Å²) in [5, 5.41) is 35.0. The van der Waals surface area contributed by atoms with E-state index in [1.807, 2.05) is 0 Å². The normalized spacial score (nSPS) is 20.8. The molecule has 32 heavy (non-hydrogen) atoms. The number of carboxylic acid groups (broad SMARTS) is 1. The number of rotatable bonds is 7. The van der Waals surface area contributed by atoms with Crippen molar-refractivity contribution in [1.82, 2.24) is 35.4 Å². The SMILES string of the molecule is Cn1nnnc1SCC1=C(C(=O)O)N2C(=O)[C@@H](NC(=O)C(O)c3csc(N)n3)[C@H]2SC1.[H-].[Na+]. The number of anilines is 1. The van der Waals surface area contributed by atoms with Gasteiger partial charge in [0.05, 0.1) is 5.69 Å². The Labute approximate surface area is 217 Å². The minimum Gasteiger partial charge on any atom is -1.00 e.